The third-order valence-corrected chi connectivity index (χ3v) is 7.44. The van der Waals surface area contributed by atoms with E-state index in [1.165, 1.54) is 4.90 Å². The number of nitrogens with one attached hydrogen (secondary N) is 1. The Morgan fingerprint density at radius 1 is 1.09 bits per heavy atom. The fourth-order valence-electron chi connectivity index (χ4n) is 5.01. The lowest BCUT2D eigenvalue weighted by Gasteiger charge is -2.46. The lowest BCUT2D eigenvalue weighted by molar-refractivity contribution is -0.122. The molecule has 0 aliphatic carbocycles. The molecular weight excluding hydrogens is 501 g/mol. The minimum absolute atomic E-state index is 0.0313. The van der Waals surface area contributed by atoms with Crippen molar-refractivity contribution in [2.45, 2.75) is 53.1 Å². The van der Waals surface area contributed by atoms with Crippen LogP contribution < -0.4 is 15.1 Å². The Balaban J connectivity index is 1.83. The van der Waals surface area contributed by atoms with Crippen molar-refractivity contribution in [1.29, 1.82) is 0 Å². The lowest BCUT2D eigenvalue weighted by Crippen LogP contribution is -2.54. The number of allylic oxidation sites excluding steroid dienone is 1. The number of halogens is 2. The summed E-state index contributed by atoms with van der Waals surface area (Å²) in [7, 11) is 0. The van der Waals surface area contributed by atoms with E-state index in [9.17, 15) is 9.59 Å². The average molecular weight is 529 g/mol. The van der Waals surface area contributed by atoms with Gasteiger partial charge in [0.25, 0.3) is 11.8 Å². The van der Waals surface area contributed by atoms with Gasteiger partial charge >= 0.3 is 0 Å². The van der Waals surface area contributed by atoms with Crippen LogP contribution >= 0.6 is 35.4 Å². The van der Waals surface area contributed by atoms with Gasteiger partial charge in [0, 0.05) is 17.3 Å². The molecule has 2 heterocycles. The summed E-state index contributed by atoms with van der Waals surface area (Å²) in [6, 6.07) is 9.38. The second-order valence-corrected chi connectivity index (χ2v) is 10.9. The van der Waals surface area contributed by atoms with Gasteiger partial charge < -0.3 is 4.90 Å². The Kier molecular flexibility index (Phi) is 6.60. The molecule has 1 saturated heterocycles. The summed E-state index contributed by atoms with van der Waals surface area (Å²) in [5.41, 5.74) is 5.24. The van der Waals surface area contributed by atoms with Crippen molar-refractivity contribution in [2.24, 2.45) is 0 Å². The van der Waals surface area contributed by atoms with Gasteiger partial charge in [-0.05, 0) is 101 Å². The molecule has 0 saturated carbocycles. The van der Waals surface area contributed by atoms with Gasteiger partial charge in [0.1, 0.15) is 5.57 Å². The number of thiocarbonyl (C=S) groups is 1. The highest BCUT2D eigenvalue weighted by molar-refractivity contribution is 7.80. The minimum Gasteiger partial charge on any atom is -0.360 e. The molecule has 0 bridgehead atoms. The predicted octanol–water partition coefficient (Wildman–Crippen LogP) is 6.54. The van der Waals surface area contributed by atoms with Gasteiger partial charge in [-0.3, -0.25) is 19.8 Å². The summed E-state index contributed by atoms with van der Waals surface area (Å²) in [4.78, 5) is 29.9. The number of fused-ring (bicyclic) bond motifs is 1. The molecule has 1 fully saturated rings. The summed E-state index contributed by atoms with van der Waals surface area (Å²) < 4.78 is 0. The molecule has 2 aliphatic rings. The SMILES string of the molecule is CC1=CC(C)(C)N(C(C)C)c2cc(C)c(/C=C3\C(=O)NC(=S)N(c4cccc(Cl)c4Cl)C3=O)cc21. The van der Waals surface area contributed by atoms with Crippen LogP contribution in [0.1, 0.15) is 51.3 Å². The van der Waals surface area contributed by atoms with Crippen LogP contribution in [0.2, 0.25) is 10.0 Å². The Labute approximate surface area is 221 Å². The van der Waals surface area contributed by atoms with Crippen LogP contribution in [-0.2, 0) is 9.59 Å². The first-order chi connectivity index (χ1) is 16.3. The number of carbonyl (C=O) groups is 2. The van der Waals surface area contributed by atoms with Gasteiger partial charge in [-0.15, -0.1) is 0 Å². The summed E-state index contributed by atoms with van der Waals surface area (Å²) >= 11 is 17.8. The van der Waals surface area contributed by atoms with Crippen molar-refractivity contribution in [3.63, 3.8) is 0 Å². The standard InChI is InChI=1S/C27H27Cl2N3O2S/c1-14(2)32-22-10-15(3)17(11-18(22)16(4)13-27(32,5)6)12-19-24(33)30-26(35)31(25(19)34)21-9-7-8-20(28)23(21)29/h7-14H,1-6H3,(H,30,33,35)/b19-12+. The fraction of sp³-hybridized carbons (Fsp3) is 0.296. The van der Waals surface area contributed by atoms with E-state index in [1.807, 2.05) is 13.0 Å². The molecule has 0 radical (unpaired) electrons. The van der Waals surface area contributed by atoms with Crippen molar-refractivity contribution in [2.75, 3.05) is 9.80 Å². The molecule has 4 rings (SSSR count). The second kappa shape index (κ2) is 9.08. The molecule has 0 spiro atoms. The monoisotopic (exact) mass is 527 g/mol. The largest absolute Gasteiger partial charge is 0.360 e. The van der Waals surface area contributed by atoms with Gasteiger partial charge in [-0.2, -0.15) is 0 Å². The van der Waals surface area contributed by atoms with E-state index in [-0.39, 0.29) is 26.3 Å². The summed E-state index contributed by atoms with van der Waals surface area (Å²) in [6.45, 7) is 12.8. The lowest BCUT2D eigenvalue weighted by atomic mass is 9.85. The molecule has 2 amide bonds. The minimum atomic E-state index is -0.558. The van der Waals surface area contributed by atoms with Gasteiger partial charge in [-0.1, -0.05) is 35.3 Å². The first-order valence-corrected chi connectivity index (χ1v) is 12.5. The van der Waals surface area contributed by atoms with Crippen molar-refractivity contribution >= 4 is 75.4 Å². The van der Waals surface area contributed by atoms with E-state index >= 15 is 0 Å². The summed E-state index contributed by atoms with van der Waals surface area (Å²) in [5.74, 6) is -1.11. The molecular formula is C27H27Cl2N3O2S. The van der Waals surface area contributed by atoms with Crippen molar-refractivity contribution in [3.05, 3.63) is 68.7 Å². The van der Waals surface area contributed by atoms with Crippen LogP contribution in [0.4, 0.5) is 11.4 Å². The molecule has 5 nitrogen and oxygen atoms in total. The molecule has 0 unspecified atom stereocenters. The van der Waals surface area contributed by atoms with Crippen molar-refractivity contribution in [3.8, 4) is 0 Å². The van der Waals surface area contributed by atoms with E-state index in [1.54, 1.807) is 24.3 Å². The predicted molar refractivity (Wildman–Crippen MR) is 149 cm³/mol. The van der Waals surface area contributed by atoms with Gasteiger partial charge in [0.05, 0.1) is 21.3 Å². The highest BCUT2D eigenvalue weighted by atomic mass is 35.5. The number of anilines is 2. The van der Waals surface area contributed by atoms with Gasteiger partial charge in [0.2, 0.25) is 0 Å². The molecule has 2 aliphatic heterocycles. The first kappa shape index (κ1) is 25.4. The van der Waals surface area contributed by atoms with Crippen LogP contribution in [0.5, 0.6) is 0 Å². The van der Waals surface area contributed by atoms with E-state index < -0.39 is 11.8 Å². The number of rotatable bonds is 3. The van der Waals surface area contributed by atoms with Crippen LogP contribution in [-0.4, -0.2) is 28.5 Å². The topological polar surface area (TPSA) is 52.7 Å². The number of nitrogens with zero attached hydrogens (tertiary/aromatic N) is 2. The van der Waals surface area contributed by atoms with Gasteiger partial charge in [0.15, 0.2) is 5.11 Å². The maximum absolute atomic E-state index is 13.5. The summed E-state index contributed by atoms with van der Waals surface area (Å²) in [5, 5.41) is 3.03. The molecule has 35 heavy (non-hydrogen) atoms. The Morgan fingerprint density at radius 2 is 1.77 bits per heavy atom. The van der Waals surface area contributed by atoms with Crippen molar-refractivity contribution < 1.29 is 9.59 Å². The van der Waals surface area contributed by atoms with E-state index in [0.29, 0.717) is 11.7 Å². The smallest absolute Gasteiger partial charge is 0.270 e. The number of hydrogen-bond donors (Lipinski definition) is 1. The molecule has 8 heteroatoms. The second-order valence-electron chi connectivity index (χ2n) is 9.70. The van der Waals surface area contributed by atoms with Crippen LogP contribution in [0, 0.1) is 6.92 Å². The Morgan fingerprint density at radius 3 is 2.43 bits per heavy atom. The fourth-order valence-corrected chi connectivity index (χ4v) is 5.66. The van der Waals surface area contributed by atoms with Crippen LogP contribution in [0.25, 0.3) is 11.6 Å². The average Bonchev–Trinajstić information content (AvgIpc) is 2.73. The van der Waals surface area contributed by atoms with E-state index in [4.69, 9.17) is 35.4 Å². The number of hydrogen-bond acceptors (Lipinski definition) is 4. The number of benzene rings is 2. The van der Waals surface area contributed by atoms with Crippen molar-refractivity contribution in [1.82, 2.24) is 5.32 Å². The quantitative estimate of drug-likeness (QED) is 0.279. The number of carbonyl (C=O) groups excluding carboxylic acids is 2. The van der Waals surface area contributed by atoms with Gasteiger partial charge in [-0.25, -0.2) is 0 Å². The number of aryl methyl sites for hydroxylation is 1. The highest BCUT2D eigenvalue weighted by Crippen LogP contribution is 2.42. The molecule has 0 aromatic heterocycles. The molecule has 1 N–H and O–H groups in total. The maximum atomic E-state index is 13.5. The number of amides is 2. The zero-order chi connectivity index (χ0) is 25.8. The zero-order valence-corrected chi connectivity index (χ0v) is 22.8. The normalized spacial score (nSPS) is 18.7. The Bertz CT molecular complexity index is 1340. The van der Waals surface area contributed by atoms with E-state index in [2.05, 4.69) is 57.0 Å². The maximum Gasteiger partial charge on any atom is 0.270 e. The molecule has 182 valence electrons. The summed E-state index contributed by atoms with van der Waals surface area (Å²) in [6.07, 6.45) is 3.87. The van der Waals surface area contributed by atoms with Crippen LogP contribution in [0.3, 0.4) is 0 Å². The zero-order valence-electron chi connectivity index (χ0n) is 20.5. The molecule has 2 aromatic carbocycles. The highest BCUT2D eigenvalue weighted by Gasteiger charge is 2.37. The van der Waals surface area contributed by atoms with E-state index in [0.717, 1.165) is 28.0 Å². The molecule has 2 aromatic rings. The first-order valence-electron chi connectivity index (χ1n) is 11.3. The molecule has 0 atom stereocenters. The van der Waals surface area contributed by atoms with Crippen LogP contribution in [0.15, 0.2) is 42.0 Å². The third-order valence-electron chi connectivity index (χ3n) is 6.35. The Hall–Kier alpha value is -2.67. The third kappa shape index (κ3) is 4.39.